The van der Waals surface area contributed by atoms with Crippen LogP contribution in [0.3, 0.4) is 0 Å². The van der Waals surface area contributed by atoms with E-state index in [1.165, 1.54) is 283 Å². The molecule has 2 unspecified atom stereocenters. The van der Waals surface area contributed by atoms with Crippen molar-refractivity contribution in [3.8, 4) is 0 Å². The third kappa shape index (κ3) is 61.0. The van der Waals surface area contributed by atoms with E-state index in [4.69, 9.17) is 4.74 Å². The van der Waals surface area contributed by atoms with Gasteiger partial charge in [-0.15, -0.1) is 0 Å². The van der Waals surface area contributed by atoms with Crippen LogP contribution in [0.15, 0.2) is 48.6 Å². The van der Waals surface area contributed by atoms with Crippen molar-refractivity contribution in [3.05, 3.63) is 48.6 Å². The standard InChI is InChI=1S/C70H131NO5/c1-3-5-7-9-11-13-15-17-18-19-20-21-26-29-32-35-39-42-46-50-54-58-62-68(73)67(66-72)71-69(74)63-59-55-51-47-43-40-36-33-30-27-24-22-23-25-28-31-34-37-41-45-49-53-57-61-65-76-70(75)64-60-56-52-48-44-38-16-14-12-10-8-6-4-2/h8,10,14,16,24,27,58,62,67-68,72-73H,3-7,9,11-13,15,17-23,25-26,28-57,59-61,63-66H2,1-2H3,(H,71,74)/b10-8-,16-14-,27-24-,62-58+. The number of unbranched alkanes of at least 4 members (excludes halogenated alkanes) is 46. The fourth-order valence-corrected chi connectivity index (χ4v) is 10.4. The summed E-state index contributed by atoms with van der Waals surface area (Å²) in [4.78, 5) is 24.5. The molecule has 0 spiro atoms. The van der Waals surface area contributed by atoms with Crippen LogP contribution in [-0.2, 0) is 14.3 Å². The van der Waals surface area contributed by atoms with Crippen LogP contribution in [0.4, 0.5) is 0 Å². The summed E-state index contributed by atoms with van der Waals surface area (Å²) in [7, 11) is 0. The molecule has 0 aliphatic rings. The van der Waals surface area contributed by atoms with Gasteiger partial charge in [-0.3, -0.25) is 9.59 Å². The molecule has 0 heterocycles. The lowest BCUT2D eigenvalue weighted by molar-refractivity contribution is -0.143. The summed E-state index contributed by atoms with van der Waals surface area (Å²) in [6, 6.07) is -0.633. The summed E-state index contributed by atoms with van der Waals surface area (Å²) in [5.41, 5.74) is 0. The molecule has 0 aromatic carbocycles. The van der Waals surface area contributed by atoms with Crippen LogP contribution in [0.25, 0.3) is 0 Å². The Hall–Kier alpha value is -2.18. The van der Waals surface area contributed by atoms with Gasteiger partial charge in [-0.25, -0.2) is 0 Å². The summed E-state index contributed by atoms with van der Waals surface area (Å²) in [6.45, 7) is 4.86. The Labute approximate surface area is 474 Å². The highest BCUT2D eigenvalue weighted by Gasteiger charge is 2.18. The average molecular weight is 1070 g/mol. The second-order valence-electron chi connectivity index (χ2n) is 23.1. The van der Waals surface area contributed by atoms with Crippen molar-refractivity contribution >= 4 is 11.9 Å². The van der Waals surface area contributed by atoms with E-state index >= 15 is 0 Å². The predicted molar refractivity (Wildman–Crippen MR) is 333 cm³/mol. The van der Waals surface area contributed by atoms with Gasteiger partial charge in [0.05, 0.1) is 25.4 Å². The van der Waals surface area contributed by atoms with Crippen LogP contribution >= 0.6 is 0 Å². The maximum absolute atomic E-state index is 12.5. The lowest BCUT2D eigenvalue weighted by atomic mass is 10.0. The number of hydrogen-bond acceptors (Lipinski definition) is 5. The Morgan fingerprint density at radius 1 is 0.368 bits per heavy atom. The Bertz CT molecular complexity index is 1270. The van der Waals surface area contributed by atoms with Crippen LogP contribution in [0.2, 0.25) is 0 Å². The van der Waals surface area contributed by atoms with Crippen LogP contribution in [-0.4, -0.2) is 47.4 Å². The first-order valence-corrected chi connectivity index (χ1v) is 33.9. The third-order valence-corrected chi connectivity index (χ3v) is 15.5. The fourth-order valence-electron chi connectivity index (χ4n) is 10.4. The van der Waals surface area contributed by atoms with Gasteiger partial charge in [0.2, 0.25) is 5.91 Å². The molecule has 0 aromatic rings. The number of amides is 1. The molecule has 0 aliphatic heterocycles. The number of hydrogen-bond donors (Lipinski definition) is 3. The minimum atomic E-state index is -0.849. The van der Waals surface area contributed by atoms with E-state index in [0.29, 0.717) is 19.4 Å². The first-order chi connectivity index (χ1) is 37.5. The zero-order valence-corrected chi connectivity index (χ0v) is 51.0. The van der Waals surface area contributed by atoms with E-state index in [-0.39, 0.29) is 18.5 Å². The Balaban J connectivity index is 3.44. The summed E-state index contributed by atoms with van der Waals surface area (Å²) in [5, 5.41) is 23.2. The second kappa shape index (κ2) is 65.3. The Morgan fingerprint density at radius 2 is 0.684 bits per heavy atom. The van der Waals surface area contributed by atoms with Crippen molar-refractivity contribution in [2.24, 2.45) is 0 Å². The van der Waals surface area contributed by atoms with Crippen molar-refractivity contribution in [2.45, 2.75) is 373 Å². The number of aliphatic hydroxyl groups excluding tert-OH is 2. The smallest absolute Gasteiger partial charge is 0.305 e. The van der Waals surface area contributed by atoms with Crippen molar-refractivity contribution in [3.63, 3.8) is 0 Å². The number of esters is 1. The molecular formula is C70H131NO5. The molecule has 2 atom stereocenters. The largest absolute Gasteiger partial charge is 0.466 e. The van der Waals surface area contributed by atoms with E-state index < -0.39 is 12.1 Å². The van der Waals surface area contributed by atoms with Gasteiger partial charge in [-0.05, 0) is 83.5 Å². The van der Waals surface area contributed by atoms with Gasteiger partial charge in [0.25, 0.3) is 0 Å². The van der Waals surface area contributed by atoms with Crippen molar-refractivity contribution in [1.29, 1.82) is 0 Å². The summed E-state index contributed by atoms with van der Waals surface area (Å²) in [5.74, 6) is -0.0731. The molecule has 0 rings (SSSR count). The molecule has 0 aromatic heterocycles. The molecule has 3 N–H and O–H groups in total. The Kier molecular flexibility index (Phi) is 63.5. The number of carbonyl (C=O) groups is 2. The number of nitrogens with one attached hydrogen (secondary N) is 1. The van der Waals surface area contributed by atoms with Crippen molar-refractivity contribution in [1.82, 2.24) is 5.32 Å². The zero-order valence-electron chi connectivity index (χ0n) is 51.0. The maximum Gasteiger partial charge on any atom is 0.305 e. The van der Waals surface area contributed by atoms with E-state index in [0.717, 1.165) is 51.4 Å². The minimum absolute atomic E-state index is 0.00331. The molecule has 0 bridgehead atoms. The highest BCUT2D eigenvalue weighted by atomic mass is 16.5. The molecule has 76 heavy (non-hydrogen) atoms. The number of allylic oxidation sites excluding steroid dienone is 7. The van der Waals surface area contributed by atoms with E-state index in [2.05, 4.69) is 55.6 Å². The topological polar surface area (TPSA) is 95.9 Å². The molecule has 6 nitrogen and oxygen atoms in total. The molecular weight excluding hydrogens is 935 g/mol. The van der Waals surface area contributed by atoms with Crippen molar-refractivity contribution in [2.75, 3.05) is 13.2 Å². The normalized spacial score (nSPS) is 12.8. The van der Waals surface area contributed by atoms with Crippen LogP contribution in [0.1, 0.15) is 361 Å². The summed E-state index contributed by atoms with van der Waals surface area (Å²) < 4.78 is 5.47. The van der Waals surface area contributed by atoms with Crippen LogP contribution in [0, 0.1) is 0 Å². The monoisotopic (exact) mass is 1070 g/mol. The van der Waals surface area contributed by atoms with Gasteiger partial charge < -0.3 is 20.3 Å². The van der Waals surface area contributed by atoms with Crippen molar-refractivity contribution < 1.29 is 24.5 Å². The van der Waals surface area contributed by atoms with Gasteiger partial charge in [-0.1, -0.05) is 313 Å². The van der Waals surface area contributed by atoms with Crippen LogP contribution in [0.5, 0.6) is 0 Å². The van der Waals surface area contributed by atoms with Gasteiger partial charge in [0.15, 0.2) is 0 Å². The first-order valence-electron chi connectivity index (χ1n) is 33.9. The highest BCUT2D eigenvalue weighted by molar-refractivity contribution is 5.76. The minimum Gasteiger partial charge on any atom is -0.466 e. The van der Waals surface area contributed by atoms with Gasteiger partial charge in [-0.2, -0.15) is 0 Å². The third-order valence-electron chi connectivity index (χ3n) is 15.5. The molecule has 0 saturated heterocycles. The van der Waals surface area contributed by atoms with Gasteiger partial charge >= 0.3 is 5.97 Å². The highest BCUT2D eigenvalue weighted by Crippen LogP contribution is 2.18. The molecule has 0 radical (unpaired) electrons. The van der Waals surface area contributed by atoms with Gasteiger partial charge in [0.1, 0.15) is 0 Å². The Morgan fingerprint density at radius 3 is 1.07 bits per heavy atom. The molecule has 1 amide bonds. The number of rotatable bonds is 63. The lowest BCUT2D eigenvalue weighted by Gasteiger charge is -2.20. The van der Waals surface area contributed by atoms with Crippen LogP contribution < -0.4 is 5.32 Å². The van der Waals surface area contributed by atoms with Gasteiger partial charge in [0, 0.05) is 12.8 Å². The SMILES string of the molecule is CCC/C=C\C/C=C\CCCCCCCC(=O)OCCCCCCCCCCCCCC/C=C\CCCCCCCCCCC(=O)NC(CO)C(O)/C=C/CCCCCCCCCCCCCCCCCCCCCC. The zero-order chi connectivity index (χ0) is 55.0. The molecule has 6 heteroatoms. The van der Waals surface area contributed by atoms with E-state index in [1.54, 1.807) is 6.08 Å². The number of carbonyl (C=O) groups excluding carboxylic acids is 2. The number of aliphatic hydroxyl groups is 2. The molecule has 0 aliphatic carbocycles. The second-order valence-corrected chi connectivity index (χ2v) is 23.1. The summed E-state index contributed by atoms with van der Waals surface area (Å²) >= 11 is 0. The first kappa shape index (κ1) is 73.8. The predicted octanol–water partition coefficient (Wildman–Crippen LogP) is 21.7. The maximum atomic E-state index is 12.5. The molecule has 0 saturated carbocycles. The number of ether oxygens (including phenoxy) is 1. The average Bonchev–Trinajstić information content (AvgIpc) is 3.42. The molecule has 446 valence electrons. The molecule has 0 fully saturated rings. The fraction of sp³-hybridized carbons (Fsp3) is 0.857. The van der Waals surface area contributed by atoms with E-state index in [9.17, 15) is 19.8 Å². The quantitative estimate of drug-likeness (QED) is 0.0320. The lowest BCUT2D eigenvalue weighted by Crippen LogP contribution is -2.45. The summed E-state index contributed by atoms with van der Waals surface area (Å²) in [6.07, 6.45) is 84.6. The van der Waals surface area contributed by atoms with E-state index in [1.807, 2.05) is 6.08 Å².